The molecule has 0 aliphatic carbocycles. The lowest BCUT2D eigenvalue weighted by molar-refractivity contribution is -0.119. The molecule has 1 N–H and O–H groups in total. The SMILES string of the molecule is CNCC(=O)c1cccc(N2OCCC2=O)c1. The first-order chi connectivity index (χ1) is 8.22. The average Bonchev–Trinajstić information content (AvgIpc) is 2.76. The Morgan fingerprint density at radius 2 is 2.35 bits per heavy atom. The molecule has 0 atom stereocenters. The Hall–Kier alpha value is -1.72. The smallest absolute Gasteiger partial charge is 0.253 e. The topological polar surface area (TPSA) is 58.6 Å². The van der Waals surface area contributed by atoms with Crippen molar-refractivity contribution in [3.8, 4) is 0 Å². The zero-order valence-electron chi connectivity index (χ0n) is 9.60. The van der Waals surface area contributed by atoms with Gasteiger partial charge in [-0.05, 0) is 19.2 Å². The van der Waals surface area contributed by atoms with E-state index in [1.54, 1.807) is 31.3 Å². The predicted molar refractivity (Wildman–Crippen MR) is 62.8 cm³/mol. The number of amides is 1. The molecule has 1 saturated heterocycles. The highest BCUT2D eigenvalue weighted by Gasteiger charge is 2.23. The highest BCUT2D eigenvalue weighted by molar-refractivity contribution is 6.00. The van der Waals surface area contributed by atoms with Crippen LogP contribution in [0.5, 0.6) is 0 Å². The molecule has 1 aliphatic heterocycles. The van der Waals surface area contributed by atoms with Crippen molar-refractivity contribution in [1.82, 2.24) is 5.32 Å². The van der Waals surface area contributed by atoms with E-state index < -0.39 is 0 Å². The molecule has 5 nitrogen and oxygen atoms in total. The van der Waals surface area contributed by atoms with Crippen LogP contribution in [0.1, 0.15) is 16.8 Å². The summed E-state index contributed by atoms with van der Waals surface area (Å²) in [5, 5.41) is 4.05. The molecule has 0 aromatic heterocycles. The van der Waals surface area contributed by atoms with Gasteiger partial charge in [-0.3, -0.25) is 14.4 Å². The molecule has 5 heteroatoms. The van der Waals surface area contributed by atoms with Crippen LogP contribution in [0, 0.1) is 0 Å². The minimum Gasteiger partial charge on any atom is -0.313 e. The maximum absolute atomic E-state index is 11.7. The molecule has 1 amide bonds. The molecule has 1 aromatic carbocycles. The van der Waals surface area contributed by atoms with Crippen molar-refractivity contribution in [2.45, 2.75) is 6.42 Å². The maximum Gasteiger partial charge on any atom is 0.253 e. The predicted octanol–water partition coefficient (Wildman–Crippen LogP) is 0.757. The number of nitrogens with zero attached hydrogens (tertiary/aromatic N) is 1. The van der Waals surface area contributed by atoms with E-state index in [2.05, 4.69) is 5.32 Å². The van der Waals surface area contributed by atoms with Crippen LogP contribution in [0.25, 0.3) is 0 Å². The second kappa shape index (κ2) is 5.07. The molecule has 1 aliphatic rings. The summed E-state index contributed by atoms with van der Waals surface area (Å²) in [6.07, 6.45) is 0.384. The molecule has 0 unspecified atom stereocenters. The van der Waals surface area contributed by atoms with Crippen LogP contribution in [0.4, 0.5) is 5.69 Å². The summed E-state index contributed by atoms with van der Waals surface area (Å²) < 4.78 is 0. The average molecular weight is 234 g/mol. The molecule has 90 valence electrons. The largest absolute Gasteiger partial charge is 0.313 e. The van der Waals surface area contributed by atoms with E-state index in [1.165, 1.54) is 5.06 Å². The number of hydroxylamine groups is 1. The van der Waals surface area contributed by atoms with Gasteiger partial charge in [-0.2, -0.15) is 5.06 Å². The lowest BCUT2D eigenvalue weighted by Gasteiger charge is -2.14. The number of nitrogens with one attached hydrogen (secondary N) is 1. The van der Waals surface area contributed by atoms with Crippen molar-refractivity contribution in [3.05, 3.63) is 29.8 Å². The lowest BCUT2D eigenvalue weighted by atomic mass is 10.1. The number of benzene rings is 1. The van der Waals surface area contributed by atoms with Gasteiger partial charge in [-0.1, -0.05) is 12.1 Å². The minimum atomic E-state index is -0.0804. The summed E-state index contributed by atoms with van der Waals surface area (Å²) >= 11 is 0. The van der Waals surface area contributed by atoms with Crippen molar-refractivity contribution < 1.29 is 14.4 Å². The first-order valence-corrected chi connectivity index (χ1v) is 5.46. The van der Waals surface area contributed by atoms with E-state index in [-0.39, 0.29) is 18.2 Å². The van der Waals surface area contributed by atoms with Crippen molar-refractivity contribution in [2.24, 2.45) is 0 Å². The molecular formula is C12H14N2O3. The monoisotopic (exact) mass is 234 g/mol. The van der Waals surface area contributed by atoms with Crippen LogP contribution >= 0.6 is 0 Å². The summed E-state index contributed by atoms with van der Waals surface area (Å²) in [4.78, 5) is 28.4. The first-order valence-electron chi connectivity index (χ1n) is 5.46. The Kier molecular flexibility index (Phi) is 3.51. The third-order valence-electron chi connectivity index (χ3n) is 2.50. The van der Waals surface area contributed by atoms with Crippen LogP contribution < -0.4 is 10.4 Å². The van der Waals surface area contributed by atoms with Crippen LogP contribution in [0.3, 0.4) is 0 Å². The third-order valence-corrected chi connectivity index (χ3v) is 2.50. The van der Waals surface area contributed by atoms with Crippen LogP contribution in [-0.4, -0.2) is 31.9 Å². The van der Waals surface area contributed by atoms with E-state index in [1.807, 2.05) is 0 Å². The second-order valence-corrected chi connectivity index (χ2v) is 3.78. The number of anilines is 1. The fourth-order valence-corrected chi connectivity index (χ4v) is 1.68. The number of carbonyl (C=O) groups excluding carboxylic acids is 2. The number of carbonyl (C=O) groups is 2. The Balaban J connectivity index is 2.22. The van der Waals surface area contributed by atoms with Crippen molar-refractivity contribution in [3.63, 3.8) is 0 Å². The molecule has 1 fully saturated rings. The standard InChI is InChI=1S/C12H14N2O3/c1-13-8-11(15)9-3-2-4-10(7-9)14-12(16)5-6-17-14/h2-4,7,13H,5-6,8H2,1H3. The fourth-order valence-electron chi connectivity index (χ4n) is 1.68. The Labute approximate surface area is 99.3 Å². The molecule has 1 aromatic rings. The maximum atomic E-state index is 11.7. The highest BCUT2D eigenvalue weighted by atomic mass is 16.7. The molecule has 0 spiro atoms. The lowest BCUT2D eigenvalue weighted by Crippen LogP contribution is -2.23. The van der Waals surface area contributed by atoms with Crippen molar-refractivity contribution in [2.75, 3.05) is 25.3 Å². The van der Waals surface area contributed by atoms with Crippen LogP contribution in [0.15, 0.2) is 24.3 Å². The molecule has 2 rings (SSSR count). The zero-order valence-corrected chi connectivity index (χ0v) is 9.60. The summed E-state index contributed by atoms with van der Waals surface area (Å²) in [5.74, 6) is -0.0933. The van der Waals surface area contributed by atoms with E-state index in [4.69, 9.17) is 4.84 Å². The molecule has 1 heterocycles. The van der Waals surface area contributed by atoms with Gasteiger partial charge < -0.3 is 5.32 Å². The molecule has 0 radical (unpaired) electrons. The van der Waals surface area contributed by atoms with Gasteiger partial charge in [0.05, 0.1) is 25.3 Å². The molecule has 0 bridgehead atoms. The van der Waals surface area contributed by atoms with Crippen LogP contribution in [-0.2, 0) is 9.63 Å². The number of hydrogen-bond donors (Lipinski definition) is 1. The van der Waals surface area contributed by atoms with Gasteiger partial charge in [-0.25, -0.2) is 0 Å². The summed E-state index contributed by atoms with van der Waals surface area (Å²) in [7, 11) is 1.72. The zero-order chi connectivity index (χ0) is 12.3. The second-order valence-electron chi connectivity index (χ2n) is 3.78. The summed E-state index contributed by atoms with van der Waals surface area (Å²) in [6.45, 7) is 0.672. The molecular weight excluding hydrogens is 220 g/mol. The van der Waals surface area contributed by atoms with Crippen molar-refractivity contribution >= 4 is 17.4 Å². The summed E-state index contributed by atoms with van der Waals surface area (Å²) in [5.41, 5.74) is 1.18. The van der Waals surface area contributed by atoms with Gasteiger partial charge in [-0.15, -0.1) is 0 Å². The fraction of sp³-hybridized carbons (Fsp3) is 0.333. The number of Topliss-reactive ketones (excluding diaryl/α,β-unsaturated/α-hetero) is 1. The third kappa shape index (κ3) is 2.51. The Morgan fingerprint density at radius 1 is 1.53 bits per heavy atom. The number of ketones is 1. The van der Waals surface area contributed by atoms with Gasteiger partial charge in [0, 0.05) is 5.56 Å². The van der Waals surface area contributed by atoms with E-state index in [0.717, 1.165) is 0 Å². The van der Waals surface area contributed by atoms with Gasteiger partial charge in [0.1, 0.15) is 0 Å². The molecule has 0 saturated carbocycles. The van der Waals surface area contributed by atoms with Gasteiger partial charge >= 0.3 is 0 Å². The van der Waals surface area contributed by atoms with Gasteiger partial charge in [0.25, 0.3) is 5.91 Å². The highest BCUT2D eigenvalue weighted by Crippen LogP contribution is 2.21. The Morgan fingerprint density at radius 3 is 3.00 bits per heavy atom. The number of rotatable bonds is 4. The van der Waals surface area contributed by atoms with Gasteiger partial charge in [0.15, 0.2) is 5.78 Å². The summed E-state index contributed by atoms with van der Waals surface area (Å²) in [6, 6.07) is 6.89. The first kappa shape index (κ1) is 11.8. The van der Waals surface area contributed by atoms with E-state index >= 15 is 0 Å². The van der Waals surface area contributed by atoms with Crippen molar-refractivity contribution in [1.29, 1.82) is 0 Å². The quantitative estimate of drug-likeness (QED) is 0.781. The normalized spacial score (nSPS) is 15.4. The number of likely N-dealkylation sites (N-methyl/N-ethyl adjacent to an activating group) is 1. The van der Waals surface area contributed by atoms with E-state index in [0.29, 0.717) is 24.3 Å². The molecule has 17 heavy (non-hydrogen) atoms. The number of hydrogen-bond acceptors (Lipinski definition) is 4. The van der Waals surface area contributed by atoms with E-state index in [9.17, 15) is 9.59 Å². The minimum absolute atomic E-state index is 0.0130. The Bertz CT molecular complexity index is 445. The van der Waals surface area contributed by atoms with Gasteiger partial charge in [0.2, 0.25) is 0 Å². The van der Waals surface area contributed by atoms with Crippen LogP contribution in [0.2, 0.25) is 0 Å².